The van der Waals surface area contributed by atoms with Crippen molar-refractivity contribution >= 4 is 17.9 Å². The van der Waals surface area contributed by atoms with Crippen LogP contribution in [-0.4, -0.2) is 58.3 Å². The van der Waals surface area contributed by atoms with Crippen molar-refractivity contribution in [3.8, 4) is 6.07 Å². The predicted octanol–water partition coefficient (Wildman–Crippen LogP) is 1.46. The molecule has 8 nitrogen and oxygen atoms in total. The highest BCUT2D eigenvalue weighted by atomic mass is 16.6. The summed E-state index contributed by atoms with van der Waals surface area (Å²) in [5, 5.41) is 18.7. The lowest BCUT2D eigenvalue weighted by Gasteiger charge is -2.40. The van der Waals surface area contributed by atoms with E-state index in [1.807, 2.05) is 6.07 Å². The Kier molecular flexibility index (Phi) is 4.93. The van der Waals surface area contributed by atoms with Crippen molar-refractivity contribution in [3.63, 3.8) is 0 Å². The van der Waals surface area contributed by atoms with Gasteiger partial charge in [-0.3, -0.25) is 0 Å². The number of aromatic nitrogens is 1. The first-order chi connectivity index (χ1) is 11.2. The number of anilines is 1. The van der Waals surface area contributed by atoms with Crippen LogP contribution in [-0.2, 0) is 9.53 Å². The summed E-state index contributed by atoms with van der Waals surface area (Å²) in [6, 6.07) is 4.23. The summed E-state index contributed by atoms with van der Waals surface area (Å²) >= 11 is 0. The van der Waals surface area contributed by atoms with E-state index in [2.05, 4.69) is 4.98 Å². The molecule has 0 aliphatic carbocycles. The average Bonchev–Trinajstić information content (AvgIpc) is 2.52. The highest BCUT2D eigenvalue weighted by Gasteiger charge is 2.37. The van der Waals surface area contributed by atoms with Gasteiger partial charge in [0.05, 0.1) is 12.1 Å². The summed E-state index contributed by atoms with van der Waals surface area (Å²) in [5.74, 6) is -0.769. The van der Waals surface area contributed by atoms with Gasteiger partial charge in [-0.25, -0.2) is 14.6 Å². The molecule has 1 unspecified atom stereocenters. The number of carbonyl (C=O) groups excluding carboxylic acids is 1. The summed E-state index contributed by atoms with van der Waals surface area (Å²) in [6.07, 6.45) is 0.963. The highest BCUT2D eigenvalue weighted by molar-refractivity contribution is 5.80. The Morgan fingerprint density at radius 3 is 2.71 bits per heavy atom. The van der Waals surface area contributed by atoms with E-state index in [4.69, 9.17) is 4.74 Å². The first-order valence-corrected chi connectivity index (χ1v) is 7.55. The molecule has 1 N–H and O–H groups in total. The summed E-state index contributed by atoms with van der Waals surface area (Å²) < 4.78 is 5.30. The Morgan fingerprint density at radius 1 is 1.42 bits per heavy atom. The standard InChI is InChI=1S/C16H20N4O4/c1-16(2,3)24-15(23)19-7-8-20(12(10-19)14(21)22)13-11(9-17)5-4-6-18-13/h4-6,12H,7-8,10H2,1-3H3,(H,21,22). The van der Waals surface area contributed by atoms with Crippen molar-refractivity contribution in [2.75, 3.05) is 24.5 Å². The molecule has 24 heavy (non-hydrogen) atoms. The number of carbonyl (C=O) groups is 2. The fourth-order valence-corrected chi connectivity index (χ4v) is 2.45. The first-order valence-electron chi connectivity index (χ1n) is 7.55. The minimum atomic E-state index is -1.09. The lowest BCUT2D eigenvalue weighted by atomic mass is 10.1. The highest BCUT2D eigenvalue weighted by Crippen LogP contribution is 2.23. The molecule has 1 aliphatic heterocycles. The lowest BCUT2D eigenvalue weighted by Crippen LogP contribution is -2.58. The van der Waals surface area contributed by atoms with Crippen molar-refractivity contribution in [2.24, 2.45) is 0 Å². The zero-order valence-corrected chi connectivity index (χ0v) is 13.9. The van der Waals surface area contributed by atoms with Crippen molar-refractivity contribution in [3.05, 3.63) is 23.9 Å². The number of rotatable bonds is 2. The van der Waals surface area contributed by atoms with Gasteiger partial charge in [-0.1, -0.05) is 0 Å². The van der Waals surface area contributed by atoms with E-state index in [9.17, 15) is 20.0 Å². The van der Waals surface area contributed by atoms with Gasteiger partial charge < -0.3 is 19.6 Å². The van der Waals surface area contributed by atoms with Gasteiger partial charge >= 0.3 is 12.1 Å². The second kappa shape index (κ2) is 6.74. The third kappa shape index (κ3) is 3.93. The van der Waals surface area contributed by atoms with Crippen molar-refractivity contribution in [2.45, 2.75) is 32.4 Å². The smallest absolute Gasteiger partial charge is 0.410 e. The van der Waals surface area contributed by atoms with Crippen LogP contribution < -0.4 is 4.90 Å². The van der Waals surface area contributed by atoms with Crippen molar-refractivity contribution in [1.82, 2.24) is 9.88 Å². The van der Waals surface area contributed by atoms with Crippen LogP contribution in [0.3, 0.4) is 0 Å². The fraction of sp³-hybridized carbons (Fsp3) is 0.500. The van der Waals surface area contributed by atoms with Gasteiger partial charge in [0.2, 0.25) is 0 Å². The summed E-state index contributed by atoms with van der Waals surface area (Å²) in [4.78, 5) is 30.9. The molecule has 2 rings (SSSR count). The summed E-state index contributed by atoms with van der Waals surface area (Å²) in [7, 11) is 0. The molecule has 0 radical (unpaired) electrons. The van der Waals surface area contributed by atoms with Gasteiger partial charge in [-0.2, -0.15) is 5.26 Å². The van der Waals surface area contributed by atoms with Crippen LogP contribution in [0.1, 0.15) is 26.3 Å². The lowest BCUT2D eigenvalue weighted by molar-refractivity contribution is -0.139. The maximum absolute atomic E-state index is 12.2. The molecule has 1 atom stereocenters. The van der Waals surface area contributed by atoms with E-state index in [1.165, 1.54) is 11.1 Å². The number of nitrogens with zero attached hydrogens (tertiary/aromatic N) is 4. The van der Waals surface area contributed by atoms with E-state index in [0.29, 0.717) is 17.9 Å². The molecule has 0 aromatic carbocycles. The van der Waals surface area contributed by atoms with Crippen LogP contribution in [0.15, 0.2) is 18.3 Å². The van der Waals surface area contributed by atoms with Crippen LogP contribution in [0.2, 0.25) is 0 Å². The third-order valence-corrected chi connectivity index (χ3v) is 3.50. The van der Waals surface area contributed by atoms with Gasteiger partial charge in [0.15, 0.2) is 0 Å². The second-order valence-corrected chi connectivity index (χ2v) is 6.46. The molecule has 1 amide bonds. The average molecular weight is 332 g/mol. The first kappa shape index (κ1) is 17.5. The number of amides is 1. The minimum absolute atomic E-state index is 0.0360. The topological polar surface area (TPSA) is 107 Å². The monoisotopic (exact) mass is 332 g/mol. The van der Waals surface area contributed by atoms with Gasteiger partial charge in [0.25, 0.3) is 0 Å². The number of aliphatic carboxylic acids is 1. The number of ether oxygens (including phenoxy) is 1. The number of hydrogen-bond acceptors (Lipinski definition) is 6. The number of hydrogen-bond donors (Lipinski definition) is 1. The molecule has 2 heterocycles. The fourth-order valence-electron chi connectivity index (χ4n) is 2.45. The predicted molar refractivity (Wildman–Crippen MR) is 85.5 cm³/mol. The number of nitriles is 1. The molecule has 1 aromatic heterocycles. The van der Waals surface area contributed by atoms with Crippen LogP contribution in [0.4, 0.5) is 10.6 Å². The molecule has 128 valence electrons. The maximum atomic E-state index is 12.2. The quantitative estimate of drug-likeness (QED) is 0.873. The van der Waals surface area contributed by atoms with Crippen molar-refractivity contribution < 1.29 is 19.4 Å². The molecule has 0 spiro atoms. The maximum Gasteiger partial charge on any atom is 0.410 e. The Balaban J connectivity index is 2.22. The van der Waals surface area contributed by atoms with E-state index in [-0.39, 0.29) is 13.1 Å². The Morgan fingerprint density at radius 2 is 2.12 bits per heavy atom. The molecule has 0 bridgehead atoms. The minimum Gasteiger partial charge on any atom is -0.480 e. The molecule has 1 saturated heterocycles. The van der Waals surface area contributed by atoms with Crippen LogP contribution in [0.25, 0.3) is 0 Å². The van der Waals surface area contributed by atoms with E-state index >= 15 is 0 Å². The zero-order valence-electron chi connectivity index (χ0n) is 13.9. The molecule has 0 saturated carbocycles. The van der Waals surface area contributed by atoms with Crippen molar-refractivity contribution in [1.29, 1.82) is 5.26 Å². The van der Waals surface area contributed by atoms with Gasteiger partial charge in [0, 0.05) is 19.3 Å². The van der Waals surface area contributed by atoms with Crippen LogP contribution >= 0.6 is 0 Å². The summed E-state index contributed by atoms with van der Waals surface area (Å²) in [5.41, 5.74) is -0.350. The Labute approximate surface area is 140 Å². The Hall–Kier alpha value is -2.82. The molecule has 8 heteroatoms. The van der Waals surface area contributed by atoms with E-state index in [1.54, 1.807) is 37.8 Å². The second-order valence-electron chi connectivity index (χ2n) is 6.46. The summed E-state index contributed by atoms with van der Waals surface area (Å²) in [6.45, 7) is 5.77. The Bertz CT molecular complexity index is 677. The number of piperazine rings is 1. The normalized spacial score (nSPS) is 18.0. The molecule has 1 fully saturated rings. The SMILES string of the molecule is CC(C)(C)OC(=O)N1CCN(c2ncccc2C#N)C(C(=O)O)C1. The molecule has 1 aromatic rings. The van der Waals surface area contributed by atoms with Gasteiger partial charge in [0.1, 0.15) is 23.5 Å². The largest absolute Gasteiger partial charge is 0.480 e. The number of carboxylic acids is 1. The van der Waals surface area contributed by atoms with E-state index in [0.717, 1.165) is 0 Å². The third-order valence-electron chi connectivity index (χ3n) is 3.50. The zero-order chi connectivity index (χ0) is 17.9. The molecular weight excluding hydrogens is 312 g/mol. The number of pyridine rings is 1. The van der Waals surface area contributed by atoms with Gasteiger partial charge in [-0.15, -0.1) is 0 Å². The molecular formula is C16H20N4O4. The van der Waals surface area contributed by atoms with Gasteiger partial charge in [-0.05, 0) is 32.9 Å². The van der Waals surface area contributed by atoms with E-state index < -0.39 is 23.7 Å². The number of carboxylic acid groups (broad SMARTS) is 1. The molecule has 1 aliphatic rings. The van der Waals surface area contributed by atoms with Crippen LogP contribution in [0, 0.1) is 11.3 Å². The van der Waals surface area contributed by atoms with Crippen LogP contribution in [0.5, 0.6) is 0 Å².